The van der Waals surface area contributed by atoms with Gasteiger partial charge in [-0.2, -0.15) is 5.10 Å². The van der Waals surface area contributed by atoms with Gasteiger partial charge in [0, 0.05) is 7.11 Å². The largest absolute Gasteiger partial charge is 0.490 e. The van der Waals surface area contributed by atoms with Gasteiger partial charge in [-0.25, -0.2) is 9.67 Å². The summed E-state index contributed by atoms with van der Waals surface area (Å²) in [6.07, 6.45) is 3.24. The van der Waals surface area contributed by atoms with E-state index in [4.69, 9.17) is 9.47 Å². The minimum absolute atomic E-state index is 0.133. The first kappa shape index (κ1) is 18.5. The average Bonchev–Trinajstić information content (AvgIpc) is 3.03. The average molecular weight is 331 g/mol. The quantitative estimate of drug-likeness (QED) is 0.772. The van der Waals surface area contributed by atoms with Crippen molar-refractivity contribution < 1.29 is 9.47 Å². The molecule has 1 aromatic heterocycles. The van der Waals surface area contributed by atoms with Gasteiger partial charge in [-0.1, -0.05) is 46.8 Å². The van der Waals surface area contributed by atoms with Crippen LogP contribution in [0.15, 0.2) is 36.9 Å². The first-order valence-electron chi connectivity index (χ1n) is 8.38. The van der Waals surface area contributed by atoms with Gasteiger partial charge in [0.05, 0.1) is 6.54 Å². The van der Waals surface area contributed by atoms with E-state index in [0.717, 1.165) is 5.75 Å². The molecule has 0 aliphatic heterocycles. The summed E-state index contributed by atoms with van der Waals surface area (Å²) in [5, 5.41) is 4.22. The Kier molecular flexibility index (Phi) is 5.65. The van der Waals surface area contributed by atoms with Crippen LogP contribution in [0.3, 0.4) is 0 Å². The van der Waals surface area contributed by atoms with Crippen LogP contribution in [0.2, 0.25) is 0 Å². The van der Waals surface area contributed by atoms with Crippen LogP contribution in [0.5, 0.6) is 5.75 Å². The van der Waals surface area contributed by atoms with Gasteiger partial charge >= 0.3 is 0 Å². The van der Waals surface area contributed by atoms with Gasteiger partial charge in [0.1, 0.15) is 30.6 Å². The summed E-state index contributed by atoms with van der Waals surface area (Å²) in [5.41, 5.74) is 0.655. The van der Waals surface area contributed by atoms with Crippen molar-refractivity contribution >= 4 is 0 Å². The van der Waals surface area contributed by atoms with E-state index in [9.17, 15) is 0 Å². The van der Waals surface area contributed by atoms with Crippen LogP contribution in [0.25, 0.3) is 0 Å². The Hall–Kier alpha value is -1.88. The molecule has 0 aliphatic carbocycles. The van der Waals surface area contributed by atoms with Gasteiger partial charge in [0.2, 0.25) is 0 Å². The van der Waals surface area contributed by atoms with Crippen LogP contribution in [-0.4, -0.2) is 34.1 Å². The molecule has 1 atom stereocenters. The Morgan fingerprint density at radius 2 is 1.79 bits per heavy atom. The summed E-state index contributed by atoms with van der Waals surface area (Å²) in [5.74, 6) is 1.36. The maximum absolute atomic E-state index is 6.09. The predicted octanol–water partition coefficient (Wildman–Crippen LogP) is 3.91. The van der Waals surface area contributed by atoms with Crippen molar-refractivity contribution in [3.05, 3.63) is 42.5 Å². The molecule has 2 rings (SSSR count). The summed E-state index contributed by atoms with van der Waals surface area (Å²) < 4.78 is 13.8. The summed E-state index contributed by atoms with van der Waals surface area (Å²) in [6.45, 7) is 11.8. The standard InChI is InChI=1S/C19H29N3O2/c1-15(2)16-7-9-17(10-8-16)24-12-19(23-6,18(3,4)5)11-22-14-20-13-21-22/h7-10,13-15H,11-12H2,1-6H3. The number of hydrogen-bond donors (Lipinski definition) is 0. The maximum Gasteiger partial charge on any atom is 0.137 e. The molecule has 1 aromatic carbocycles. The Bertz CT molecular complexity index is 615. The molecule has 5 nitrogen and oxygen atoms in total. The number of ether oxygens (including phenoxy) is 2. The zero-order valence-electron chi connectivity index (χ0n) is 15.6. The molecule has 24 heavy (non-hydrogen) atoms. The summed E-state index contributed by atoms with van der Waals surface area (Å²) in [4.78, 5) is 4.02. The van der Waals surface area contributed by atoms with E-state index in [-0.39, 0.29) is 5.41 Å². The lowest BCUT2D eigenvalue weighted by Gasteiger charge is -2.43. The lowest BCUT2D eigenvalue weighted by molar-refractivity contribution is -0.129. The van der Waals surface area contributed by atoms with Crippen LogP contribution >= 0.6 is 0 Å². The molecule has 0 aliphatic rings. The van der Waals surface area contributed by atoms with Gasteiger partial charge in [-0.05, 0) is 29.0 Å². The Morgan fingerprint density at radius 1 is 1.12 bits per heavy atom. The van der Waals surface area contributed by atoms with Crippen molar-refractivity contribution in [2.45, 2.75) is 52.7 Å². The molecule has 0 amide bonds. The highest BCUT2D eigenvalue weighted by molar-refractivity contribution is 5.29. The topological polar surface area (TPSA) is 49.2 Å². The summed E-state index contributed by atoms with van der Waals surface area (Å²) >= 11 is 0. The molecule has 0 saturated carbocycles. The number of rotatable bonds is 7. The fourth-order valence-corrected chi connectivity index (χ4v) is 2.65. The minimum atomic E-state index is -0.516. The smallest absolute Gasteiger partial charge is 0.137 e. The molecule has 1 unspecified atom stereocenters. The summed E-state index contributed by atoms with van der Waals surface area (Å²) in [6, 6.07) is 8.27. The van der Waals surface area contributed by atoms with Gasteiger partial charge in [0.25, 0.3) is 0 Å². The summed E-state index contributed by atoms with van der Waals surface area (Å²) in [7, 11) is 1.73. The zero-order valence-corrected chi connectivity index (χ0v) is 15.6. The normalized spacial score (nSPS) is 14.6. The van der Waals surface area contributed by atoms with Gasteiger partial charge in [-0.3, -0.25) is 0 Å². The third-order valence-electron chi connectivity index (χ3n) is 4.66. The molecule has 5 heteroatoms. The van der Waals surface area contributed by atoms with Gasteiger partial charge < -0.3 is 9.47 Å². The number of nitrogens with zero attached hydrogens (tertiary/aromatic N) is 3. The lowest BCUT2D eigenvalue weighted by Crippen LogP contribution is -2.53. The molecule has 2 aromatic rings. The van der Waals surface area contributed by atoms with Crippen LogP contribution in [-0.2, 0) is 11.3 Å². The van der Waals surface area contributed by atoms with E-state index < -0.39 is 5.60 Å². The van der Waals surface area contributed by atoms with Gasteiger partial charge in [0.15, 0.2) is 0 Å². The fraction of sp³-hybridized carbons (Fsp3) is 0.579. The van der Waals surface area contributed by atoms with E-state index in [0.29, 0.717) is 19.1 Å². The monoisotopic (exact) mass is 331 g/mol. The Labute approximate surface area is 145 Å². The number of methoxy groups -OCH3 is 1. The van der Waals surface area contributed by atoms with Crippen molar-refractivity contribution in [1.29, 1.82) is 0 Å². The molecule has 0 bridgehead atoms. The van der Waals surface area contributed by atoms with Crippen LogP contribution in [0.1, 0.15) is 46.1 Å². The highest BCUT2D eigenvalue weighted by Crippen LogP contribution is 2.35. The molecule has 0 N–H and O–H groups in total. The molecular weight excluding hydrogens is 302 g/mol. The second-order valence-corrected chi connectivity index (χ2v) is 7.55. The molecule has 0 radical (unpaired) electrons. The van der Waals surface area contributed by atoms with Crippen LogP contribution in [0.4, 0.5) is 0 Å². The molecule has 0 spiro atoms. The maximum atomic E-state index is 6.09. The van der Waals surface area contributed by atoms with Crippen molar-refractivity contribution in [1.82, 2.24) is 14.8 Å². The first-order chi connectivity index (χ1) is 11.3. The van der Waals surface area contributed by atoms with Crippen molar-refractivity contribution in [3.8, 4) is 5.75 Å². The third kappa shape index (κ3) is 4.15. The van der Waals surface area contributed by atoms with Crippen molar-refractivity contribution in [2.24, 2.45) is 5.41 Å². The predicted molar refractivity (Wildman–Crippen MR) is 95.2 cm³/mol. The van der Waals surface area contributed by atoms with E-state index in [1.807, 2.05) is 12.1 Å². The van der Waals surface area contributed by atoms with E-state index in [2.05, 4.69) is 56.8 Å². The number of hydrogen-bond acceptors (Lipinski definition) is 4. The molecular formula is C19H29N3O2. The Balaban J connectivity index is 2.16. The van der Waals surface area contributed by atoms with E-state index in [1.54, 1.807) is 18.1 Å². The SMILES string of the molecule is COC(COc1ccc(C(C)C)cc1)(Cn1cncn1)C(C)(C)C. The lowest BCUT2D eigenvalue weighted by atomic mass is 9.76. The second kappa shape index (κ2) is 7.34. The van der Waals surface area contributed by atoms with Crippen LogP contribution < -0.4 is 4.74 Å². The Morgan fingerprint density at radius 3 is 2.25 bits per heavy atom. The number of aromatic nitrogens is 3. The molecule has 132 valence electrons. The van der Waals surface area contributed by atoms with E-state index in [1.165, 1.54) is 11.9 Å². The molecule has 0 saturated heterocycles. The zero-order chi connectivity index (χ0) is 17.8. The molecule has 0 fully saturated rings. The second-order valence-electron chi connectivity index (χ2n) is 7.55. The van der Waals surface area contributed by atoms with Crippen molar-refractivity contribution in [3.63, 3.8) is 0 Å². The van der Waals surface area contributed by atoms with Crippen molar-refractivity contribution in [2.75, 3.05) is 13.7 Å². The third-order valence-corrected chi connectivity index (χ3v) is 4.66. The first-order valence-corrected chi connectivity index (χ1v) is 8.38. The van der Waals surface area contributed by atoms with Crippen LogP contribution in [0, 0.1) is 5.41 Å². The fourth-order valence-electron chi connectivity index (χ4n) is 2.65. The number of benzene rings is 1. The highest BCUT2D eigenvalue weighted by Gasteiger charge is 2.44. The minimum Gasteiger partial charge on any atom is -0.490 e. The van der Waals surface area contributed by atoms with Gasteiger partial charge in [-0.15, -0.1) is 0 Å². The highest BCUT2D eigenvalue weighted by atomic mass is 16.5. The molecule has 1 heterocycles. The van der Waals surface area contributed by atoms with E-state index >= 15 is 0 Å².